The lowest BCUT2D eigenvalue weighted by atomic mass is 10.1. The maximum atomic E-state index is 12.7. The number of rotatable bonds is 3. The van der Waals surface area contributed by atoms with Crippen LogP contribution in [0.4, 0.5) is 4.39 Å². The van der Waals surface area contributed by atoms with Crippen molar-refractivity contribution >= 4 is 11.6 Å². The van der Waals surface area contributed by atoms with E-state index in [1.807, 2.05) is 0 Å². The molecule has 2 N–H and O–H groups in total. The summed E-state index contributed by atoms with van der Waals surface area (Å²) in [6, 6.07) is 6.02. The van der Waals surface area contributed by atoms with Crippen LogP contribution in [0.2, 0.25) is 0 Å². The van der Waals surface area contributed by atoms with Crippen molar-refractivity contribution in [3.63, 3.8) is 0 Å². The van der Waals surface area contributed by atoms with Crippen molar-refractivity contribution in [1.82, 2.24) is 5.01 Å². The van der Waals surface area contributed by atoms with Gasteiger partial charge in [-0.25, -0.2) is 9.40 Å². The Morgan fingerprint density at radius 3 is 2.59 bits per heavy atom. The van der Waals surface area contributed by atoms with Gasteiger partial charge in [-0.3, -0.25) is 4.79 Å². The molecule has 1 aliphatic rings. The van der Waals surface area contributed by atoms with Gasteiger partial charge in [0.15, 0.2) is 0 Å². The Morgan fingerprint density at radius 2 is 2.06 bits per heavy atom. The molecule has 1 amide bonds. The lowest BCUT2D eigenvalue weighted by Crippen LogP contribution is -2.31. The van der Waals surface area contributed by atoms with E-state index in [2.05, 4.69) is 5.10 Å². The first kappa shape index (κ1) is 11.7. The standard InChI is InChI=1S/C12H14FN3O/c1-8-11(6-14)12(17)16(15-8)7-9-2-4-10(13)5-3-9/h2-5,11H,6-7,14H2,1H3. The van der Waals surface area contributed by atoms with Gasteiger partial charge in [0, 0.05) is 12.3 Å². The number of carbonyl (C=O) groups excluding carboxylic acids is 1. The second-order valence-electron chi connectivity index (χ2n) is 4.05. The van der Waals surface area contributed by atoms with E-state index < -0.39 is 0 Å². The van der Waals surface area contributed by atoms with Crippen molar-refractivity contribution < 1.29 is 9.18 Å². The molecule has 1 aliphatic heterocycles. The fraction of sp³-hybridized carbons (Fsp3) is 0.333. The third kappa shape index (κ3) is 2.34. The van der Waals surface area contributed by atoms with Crippen LogP contribution in [-0.2, 0) is 11.3 Å². The van der Waals surface area contributed by atoms with Gasteiger partial charge in [-0.15, -0.1) is 0 Å². The molecule has 0 spiro atoms. The summed E-state index contributed by atoms with van der Waals surface area (Å²) < 4.78 is 12.7. The fourth-order valence-electron chi connectivity index (χ4n) is 1.82. The molecule has 90 valence electrons. The number of amides is 1. The number of hydrazone groups is 1. The van der Waals surface area contributed by atoms with Gasteiger partial charge in [0.05, 0.1) is 12.5 Å². The van der Waals surface area contributed by atoms with E-state index in [1.54, 1.807) is 19.1 Å². The van der Waals surface area contributed by atoms with E-state index in [9.17, 15) is 9.18 Å². The highest BCUT2D eigenvalue weighted by Gasteiger charge is 2.31. The normalized spacial score (nSPS) is 19.7. The van der Waals surface area contributed by atoms with E-state index >= 15 is 0 Å². The largest absolute Gasteiger partial charge is 0.329 e. The minimum atomic E-state index is -0.310. The molecule has 0 saturated carbocycles. The first-order valence-corrected chi connectivity index (χ1v) is 5.43. The maximum absolute atomic E-state index is 12.7. The van der Waals surface area contributed by atoms with Gasteiger partial charge in [-0.1, -0.05) is 12.1 Å². The molecule has 1 aromatic rings. The van der Waals surface area contributed by atoms with E-state index in [4.69, 9.17) is 5.73 Å². The van der Waals surface area contributed by atoms with Crippen molar-refractivity contribution in [1.29, 1.82) is 0 Å². The highest BCUT2D eigenvalue weighted by Crippen LogP contribution is 2.17. The zero-order chi connectivity index (χ0) is 12.4. The quantitative estimate of drug-likeness (QED) is 0.853. The summed E-state index contributed by atoms with van der Waals surface area (Å²) in [6.07, 6.45) is 0. The lowest BCUT2D eigenvalue weighted by molar-refractivity contribution is -0.132. The number of hydrogen-bond donors (Lipinski definition) is 1. The Bertz CT molecular complexity index is 455. The van der Waals surface area contributed by atoms with E-state index in [-0.39, 0.29) is 24.2 Å². The number of hydrogen-bond acceptors (Lipinski definition) is 3. The molecule has 0 fully saturated rings. The van der Waals surface area contributed by atoms with Gasteiger partial charge >= 0.3 is 0 Å². The molecular weight excluding hydrogens is 221 g/mol. The number of nitrogens with two attached hydrogens (primary N) is 1. The van der Waals surface area contributed by atoms with Crippen LogP contribution in [0.15, 0.2) is 29.4 Å². The summed E-state index contributed by atoms with van der Waals surface area (Å²) in [7, 11) is 0. The summed E-state index contributed by atoms with van der Waals surface area (Å²) in [5, 5.41) is 5.56. The third-order valence-electron chi connectivity index (χ3n) is 2.82. The monoisotopic (exact) mass is 235 g/mol. The Balaban J connectivity index is 2.10. The number of benzene rings is 1. The van der Waals surface area contributed by atoms with Gasteiger partial charge in [-0.2, -0.15) is 5.10 Å². The van der Waals surface area contributed by atoms with Crippen molar-refractivity contribution in [2.24, 2.45) is 16.8 Å². The summed E-state index contributed by atoms with van der Waals surface area (Å²) in [6.45, 7) is 2.42. The average Bonchev–Trinajstić information content (AvgIpc) is 2.57. The topological polar surface area (TPSA) is 58.7 Å². The minimum absolute atomic E-state index is 0.0886. The molecule has 0 aromatic heterocycles. The highest BCUT2D eigenvalue weighted by atomic mass is 19.1. The smallest absolute Gasteiger partial charge is 0.253 e. The lowest BCUT2D eigenvalue weighted by Gasteiger charge is -2.13. The molecule has 2 rings (SSSR count). The molecule has 1 heterocycles. The Labute approximate surface area is 98.9 Å². The van der Waals surface area contributed by atoms with Gasteiger partial charge in [0.25, 0.3) is 5.91 Å². The summed E-state index contributed by atoms with van der Waals surface area (Å²) in [5.41, 5.74) is 7.09. The molecule has 0 bridgehead atoms. The number of nitrogens with zero attached hydrogens (tertiary/aromatic N) is 2. The van der Waals surface area contributed by atoms with Crippen LogP contribution in [0, 0.1) is 11.7 Å². The van der Waals surface area contributed by atoms with E-state index in [0.717, 1.165) is 11.3 Å². The van der Waals surface area contributed by atoms with Crippen LogP contribution in [0.3, 0.4) is 0 Å². The molecule has 1 unspecified atom stereocenters. The Kier molecular flexibility index (Phi) is 3.19. The molecule has 5 heteroatoms. The van der Waals surface area contributed by atoms with Crippen LogP contribution in [0.1, 0.15) is 12.5 Å². The van der Waals surface area contributed by atoms with Crippen molar-refractivity contribution in [2.75, 3.05) is 6.54 Å². The molecule has 0 aliphatic carbocycles. The number of carbonyl (C=O) groups is 1. The Morgan fingerprint density at radius 1 is 1.41 bits per heavy atom. The molecule has 0 saturated heterocycles. The SMILES string of the molecule is CC1=NN(Cc2ccc(F)cc2)C(=O)C1CN. The van der Waals surface area contributed by atoms with Crippen LogP contribution < -0.4 is 5.73 Å². The molecule has 17 heavy (non-hydrogen) atoms. The van der Waals surface area contributed by atoms with Gasteiger partial charge in [0.2, 0.25) is 0 Å². The van der Waals surface area contributed by atoms with Crippen LogP contribution in [-0.4, -0.2) is 23.2 Å². The third-order valence-corrected chi connectivity index (χ3v) is 2.82. The second-order valence-corrected chi connectivity index (χ2v) is 4.05. The molecular formula is C12H14FN3O. The van der Waals surface area contributed by atoms with Crippen molar-refractivity contribution in [2.45, 2.75) is 13.5 Å². The number of halogens is 1. The first-order chi connectivity index (χ1) is 8.11. The van der Waals surface area contributed by atoms with E-state index in [1.165, 1.54) is 17.1 Å². The molecule has 1 aromatic carbocycles. The van der Waals surface area contributed by atoms with Gasteiger partial charge < -0.3 is 5.73 Å². The fourth-order valence-corrected chi connectivity index (χ4v) is 1.82. The minimum Gasteiger partial charge on any atom is -0.329 e. The summed E-state index contributed by atoms with van der Waals surface area (Å²) in [5.74, 6) is -0.689. The van der Waals surface area contributed by atoms with Crippen LogP contribution in [0.25, 0.3) is 0 Å². The van der Waals surface area contributed by atoms with Crippen LogP contribution in [0.5, 0.6) is 0 Å². The highest BCUT2D eigenvalue weighted by molar-refractivity contribution is 6.07. The molecule has 1 atom stereocenters. The van der Waals surface area contributed by atoms with Crippen molar-refractivity contribution in [3.05, 3.63) is 35.6 Å². The molecule has 4 nitrogen and oxygen atoms in total. The zero-order valence-corrected chi connectivity index (χ0v) is 9.56. The average molecular weight is 235 g/mol. The predicted octanol–water partition coefficient (Wildman–Crippen LogP) is 1.12. The Hall–Kier alpha value is -1.75. The summed E-state index contributed by atoms with van der Waals surface area (Å²) >= 11 is 0. The van der Waals surface area contributed by atoms with Gasteiger partial charge in [0.1, 0.15) is 5.82 Å². The zero-order valence-electron chi connectivity index (χ0n) is 9.56. The predicted molar refractivity (Wildman–Crippen MR) is 62.6 cm³/mol. The first-order valence-electron chi connectivity index (χ1n) is 5.43. The molecule has 0 radical (unpaired) electrons. The van der Waals surface area contributed by atoms with Crippen LogP contribution >= 0.6 is 0 Å². The van der Waals surface area contributed by atoms with Gasteiger partial charge in [-0.05, 0) is 24.6 Å². The van der Waals surface area contributed by atoms with E-state index in [0.29, 0.717) is 6.54 Å². The van der Waals surface area contributed by atoms with Crippen molar-refractivity contribution in [3.8, 4) is 0 Å². The second kappa shape index (κ2) is 4.63. The summed E-state index contributed by atoms with van der Waals surface area (Å²) in [4.78, 5) is 11.9. The maximum Gasteiger partial charge on any atom is 0.253 e.